The van der Waals surface area contributed by atoms with Crippen molar-refractivity contribution in [2.75, 3.05) is 33.4 Å². The zero-order valence-corrected chi connectivity index (χ0v) is 12.2. The maximum Gasteiger partial charge on any atom is 0.309 e. The number of ether oxygens (including phenoxy) is 1. The van der Waals surface area contributed by atoms with Crippen LogP contribution in [-0.4, -0.2) is 57.1 Å². The average molecular weight is 294 g/mol. The van der Waals surface area contributed by atoms with Gasteiger partial charge in [-0.15, -0.1) is 0 Å². The zero-order chi connectivity index (χ0) is 14.5. The van der Waals surface area contributed by atoms with E-state index in [9.17, 15) is 18.3 Å². The van der Waals surface area contributed by atoms with E-state index in [1.165, 1.54) is 11.4 Å². The maximum atomic E-state index is 11.9. The fourth-order valence-corrected chi connectivity index (χ4v) is 3.42. The van der Waals surface area contributed by atoms with Crippen molar-refractivity contribution in [2.45, 2.75) is 26.2 Å². The molecule has 7 nitrogen and oxygen atoms in total. The highest BCUT2D eigenvalue weighted by atomic mass is 32.2. The van der Waals surface area contributed by atoms with Gasteiger partial charge in [0, 0.05) is 26.7 Å². The first kappa shape index (κ1) is 16.4. The van der Waals surface area contributed by atoms with Gasteiger partial charge in [-0.05, 0) is 19.3 Å². The van der Waals surface area contributed by atoms with E-state index >= 15 is 0 Å². The summed E-state index contributed by atoms with van der Waals surface area (Å²) in [6.07, 6.45) is 1.22. The number of hydrogen-bond donors (Lipinski definition) is 2. The fraction of sp³-hybridized carbons (Fsp3) is 0.909. The lowest BCUT2D eigenvalue weighted by atomic mass is 9.77. The molecular formula is C11H22N2O5S. The molecule has 0 aromatic carbocycles. The Morgan fingerprint density at radius 1 is 1.42 bits per heavy atom. The SMILES string of the molecule is CCC1(C(=O)O)CCN(S(=O)(=O)NCCOC)CC1. The Labute approximate surface area is 114 Å². The summed E-state index contributed by atoms with van der Waals surface area (Å²) in [4.78, 5) is 11.3. The molecular weight excluding hydrogens is 272 g/mol. The third-order valence-electron chi connectivity index (χ3n) is 3.74. The predicted molar refractivity (Wildman–Crippen MR) is 70.0 cm³/mol. The molecule has 1 aliphatic rings. The molecule has 0 aliphatic carbocycles. The van der Waals surface area contributed by atoms with Crippen molar-refractivity contribution < 1.29 is 23.1 Å². The number of carboxylic acid groups (broad SMARTS) is 1. The lowest BCUT2D eigenvalue weighted by Gasteiger charge is -2.37. The van der Waals surface area contributed by atoms with Gasteiger partial charge in [0.2, 0.25) is 0 Å². The van der Waals surface area contributed by atoms with E-state index in [-0.39, 0.29) is 19.6 Å². The highest BCUT2D eigenvalue weighted by Crippen LogP contribution is 2.35. The van der Waals surface area contributed by atoms with Crippen LogP contribution in [0.3, 0.4) is 0 Å². The van der Waals surface area contributed by atoms with E-state index in [4.69, 9.17) is 4.74 Å². The minimum atomic E-state index is -3.53. The van der Waals surface area contributed by atoms with E-state index < -0.39 is 21.6 Å². The first-order valence-electron chi connectivity index (χ1n) is 6.35. The second kappa shape index (κ2) is 6.65. The van der Waals surface area contributed by atoms with Crippen LogP contribution in [0.2, 0.25) is 0 Å². The molecule has 0 atom stereocenters. The number of rotatable bonds is 7. The molecule has 1 rings (SSSR count). The van der Waals surface area contributed by atoms with E-state index in [1.807, 2.05) is 6.92 Å². The molecule has 0 radical (unpaired) electrons. The Kier molecular flexibility index (Phi) is 5.72. The number of methoxy groups -OCH3 is 1. The monoisotopic (exact) mass is 294 g/mol. The number of nitrogens with zero attached hydrogens (tertiary/aromatic N) is 1. The first-order valence-corrected chi connectivity index (χ1v) is 7.79. The molecule has 112 valence electrons. The van der Waals surface area contributed by atoms with Gasteiger partial charge in [0.25, 0.3) is 10.2 Å². The van der Waals surface area contributed by atoms with E-state index in [0.29, 0.717) is 25.9 Å². The molecule has 0 aromatic rings. The highest BCUT2D eigenvalue weighted by Gasteiger charge is 2.42. The van der Waals surface area contributed by atoms with E-state index in [1.54, 1.807) is 0 Å². The third-order valence-corrected chi connectivity index (χ3v) is 5.35. The van der Waals surface area contributed by atoms with Gasteiger partial charge in [0.15, 0.2) is 0 Å². The molecule has 0 amide bonds. The normalized spacial score (nSPS) is 20.3. The minimum absolute atomic E-state index is 0.215. The summed E-state index contributed by atoms with van der Waals surface area (Å²) >= 11 is 0. The third kappa shape index (κ3) is 3.88. The number of hydrogen-bond acceptors (Lipinski definition) is 4. The van der Waals surface area contributed by atoms with Gasteiger partial charge in [0.1, 0.15) is 0 Å². The summed E-state index contributed by atoms with van der Waals surface area (Å²) in [6.45, 7) is 2.83. The molecule has 19 heavy (non-hydrogen) atoms. The minimum Gasteiger partial charge on any atom is -0.481 e. The van der Waals surface area contributed by atoms with Crippen molar-refractivity contribution in [1.29, 1.82) is 0 Å². The number of carboxylic acids is 1. The molecule has 0 saturated carbocycles. The summed E-state index contributed by atoms with van der Waals surface area (Å²) in [5, 5.41) is 9.25. The van der Waals surface area contributed by atoms with Crippen LogP contribution >= 0.6 is 0 Å². The summed E-state index contributed by atoms with van der Waals surface area (Å²) < 4.78 is 32.4. The van der Waals surface area contributed by atoms with E-state index in [0.717, 1.165) is 0 Å². The highest BCUT2D eigenvalue weighted by molar-refractivity contribution is 7.87. The van der Waals surface area contributed by atoms with Crippen molar-refractivity contribution in [2.24, 2.45) is 5.41 Å². The van der Waals surface area contributed by atoms with Crippen molar-refractivity contribution >= 4 is 16.2 Å². The van der Waals surface area contributed by atoms with Crippen LogP contribution in [0.1, 0.15) is 26.2 Å². The van der Waals surface area contributed by atoms with Crippen molar-refractivity contribution in [1.82, 2.24) is 9.03 Å². The standard InChI is InChI=1S/C11H22N2O5S/c1-3-11(10(14)15)4-7-13(8-5-11)19(16,17)12-6-9-18-2/h12H,3-9H2,1-2H3,(H,14,15). The van der Waals surface area contributed by atoms with Crippen LogP contribution in [-0.2, 0) is 19.7 Å². The van der Waals surface area contributed by atoms with Crippen LogP contribution in [0.25, 0.3) is 0 Å². The lowest BCUT2D eigenvalue weighted by molar-refractivity contribution is -0.151. The first-order chi connectivity index (χ1) is 8.88. The molecule has 0 unspecified atom stereocenters. The molecule has 1 aliphatic heterocycles. The molecule has 1 saturated heterocycles. The van der Waals surface area contributed by atoms with Gasteiger partial charge in [-0.3, -0.25) is 4.79 Å². The Bertz CT molecular complexity index is 401. The van der Waals surface area contributed by atoms with E-state index in [2.05, 4.69) is 4.72 Å². The maximum absolute atomic E-state index is 11.9. The summed E-state index contributed by atoms with van der Waals surface area (Å²) in [5.41, 5.74) is -0.779. The lowest BCUT2D eigenvalue weighted by Crippen LogP contribution is -2.50. The van der Waals surface area contributed by atoms with Crippen LogP contribution in [0.5, 0.6) is 0 Å². The summed E-state index contributed by atoms with van der Waals surface area (Å²) in [7, 11) is -2.03. The van der Waals surface area contributed by atoms with Gasteiger partial charge >= 0.3 is 5.97 Å². The number of nitrogens with one attached hydrogen (secondary N) is 1. The van der Waals surface area contributed by atoms with Crippen molar-refractivity contribution in [3.8, 4) is 0 Å². The average Bonchev–Trinajstić information content (AvgIpc) is 2.38. The van der Waals surface area contributed by atoms with Crippen molar-refractivity contribution in [3.05, 3.63) is 0 Å². The molecule has 1 fully saturated rings. The molecule has 1 heterocycles. The predicted octanol–water partition coefficient (Wildman–Crippen LogP) is 0.0440. The van der Waals surface area contributed by atoms with Crippen LogP contribution in [0.15, 0.2) is 0 Å². The second-order valence-electron chi connectivity index (χ2n) is 4.73. The van der Waals surface area contributed by atoms with Gasteiger partial charge in [-0.2, -0.15) is 17.4 Å². The Hall–Kier alpha value is -0.700. The van der Waals surface area contributed by atoms with Crippen LogP contribution in [0, 0.1) is 5.41 Å². The van der Waals surface area contributed by atoms with Gasteiger partial charge in [-0.1, -0.05) is 6.92 Å². The quantitative estimate of drug-likeness (QED) is 0.647. The zero-order valence-electron chi connectivity index (χ0n) is 11.4. The summed E-state index contributed by atoms with van der Waals surface area (Å²) in [6, 6.07) is 0. The van der Waals surface area contributed by atoms with Crippen molar-refractivity contribution in [3.63, 3.8) is 0 Å². The van der Waals surface area contributed by atoms with Crippen LogP contribution < -0.4 is 4.72 Å². The van der Waals surface area contributed by atoms with Crippen LogP contribution in [0.4, 0.5) is 0 Å². The number of aliphatic carboxylic acids is 1. The molecule has 0 spiro atoms. The second-order valence-corrected chi connectivity index (χ2v) is 6.49. The topological polar surface area (TPSA) is 95.9 Å². The smallest absolute Gasteiger partial charge is 0.309 e. The summed E-state index contributed by atoms with van der Waals surface area (Å²) in [5.74, 6) is -0.834. The molecule has 2 N–H and O–H groups in total. The Balaban J connectivity index is 2.60. The largest absolute Gasteiger partial charge is 0.481 e. The number of carbonyl (C=O) groups is 1. The molecule has 0 bridgehead atoms. The van der Waals surface area contributed by atoms with Gasteiger partial charge in [-0.25, -0.2) is 0 Å². The Morgan fingerprint density at radius 2 is 2.00 bits per heavy atom. The molecule has 0 aromatic heterocycles. The Morgan fingerprint density at radius 3 is 2.42 bits per heavy atom. The number of piperidine rings is 1. The molecule has 8 heteroatoms. The van der Waals surface area contributed by atoms with Gasteiger partial charge in [0.05, 0.1) is 12.0 Å². The fourth-order valence-electron chi connectivity index (χ4n) is 2.24. The van der Waals surface area contributed by atoms with Gasteiger partial charge < -0.3 is 9.84 Å².